The Morgan fingerprint density at radius 1 is 1.41 bits per heavy atom. The van der Waals surface area contributed by atoms with E-state index < -0.39 is 0 Å². The van der Waals surface area contributed by atoms with Crippen molar-refractivity contribution in [1.82, 2.24) is 10.6 Å². The highest BCUT2D eigenvalue weighted by Crippen LogP contribution is 2.20. The highest BCUT2D eigenvalue weighted by Gasteiger charge is 2.22. The van der Waals surface area contributed by atoms with E-state index in [0.29, 0.717) is 6.04 Å². The molecule has 2 N–H and O–H groups in total. The second kappa shape index (κ2) is 6.64. The van der Waals surface area contributed by atoms with Crippen molar-refractivity contribution in [3.63, 3.8) is 0 Å². The smallest absolute Gasteiger partial charge is 0.237 e. The van der Waals surface area contributed by atoms with Crippen LogP contribution in [0.1, 0.15) is 46.5 Å². The van der Waals surface area contributed by atoms with Crippen LogP contribution < -0.4 is 10.6 Å². The standard InChI is InChI=1S/C13H26N2OS/c1-10(14-9-13(2,3)17-4)12(16)15-11-7-5-6-8-11/h10-11,14H,5-9H2,1-4H3,(H,15,16). The van der Waals surface area contributed by atoms with Crippen LogP contribution in [0.2, 0.25) is 0 Å². The summed E-state index contributed by atoms with van der Waals surface area (Å²) in [6, 6.07) is 0.322. The second-order valence-corrected chi connectivity index (χ2v) is 7.07. The number of rotatable bonds is 6. The minimum atomic E-state index is -0.0953. The van der Waals surface area contributed by atoms with E-state index in [9.17, 15) is 4.79 Å². The largest absolute Gasteiger partial charge is 0.352 e. The van der Waals surface area contributed by atoms with Crippen LogP contribution in [0.25, 0.3) is 0 Å². The van der Waals surface area contributed by atoms with E-state index in [4.69, 9.17) is 0 Å². The first-order valence-corrected chi connectivity index (χ1v) is 7.76. The Balaban J connectivity index is 2.26. The first kappa shape index (κ1) is 14.8. The predicted molar refractivity (Wildman–Crippen MR) is 75.5 cm³/mol. The number of thioether (sulfide) groups is 1. The lowest BCUT2D eigenvalue weighted by Gasteiger charge is -2.25. The van der Waals surface area contributed by atoms with Gasteiger partial charge in [0.1, 0.15) is 0 Å². The van der Waals surface area contributed by atoms with E-state index in [0.717, 1.165) is 19.4 Å². The molecular formula is C13H26N2OS. The monoisotopic (exact) mass is 258 g/mol. The van der Waals surface area contributed by atoms with Crippen molar-refractivity contribution in [3.05, 3.63) is 0 Å². The van der Waals surface area contributed by atoms with Gasteiger partial charge in [-0.2, -0.15) is 11.8 Å². The van der Waals surface area contributed by atoms with Crippen LogP contribution in [-0.4, -0.2) is 35.5 Å². The van der Waals surface area contributed by atoms with Crippen molar-refractivity contribution >= 4 is 17.7 Å². The number of carbonyl (C=O) groups excluding carboxylic acids is 1. The molecule has 1 rings (SSSR count). The van der Waals surface area contributed by atoms with E-state index in [1.807, 2.05) is 18.7 Å². The van der Waals surface area contributed by atoms with Crippen LogP contribution in [0.5, 0.6) is 0 Å². The zero-order chi connectivity index (χ0) is 12.9. The lowest BCUT2D eigenvalue weighted by atomic mass is 10.2. The highest BCUT2D eigenvalue weighted by atomic mass is 32.2. The molecule has 0 spiro atoms. The Kier molecular flexibility index (Phi) is 5.80. The number of hydrogen-bond acceptors (Lipinski definition) is 3. The molecule has 1 atom stereocenters. The van der Waals surface area contributed by atoms with Gasteiger partial charge < -0.3 is 10.6 Å². The molecule has 0 radical (unpaired) electrons. The molecule has 17 heavy (non-hydrogen) atoms. The Morgan fingerprint density at radius 2 is 2.00 bits per heavy atom. The SMILES string of the molecule is CSC(C)(C)CNC(C)C(=O)NC1CCCC1. The third-order valence-corrected chi connectivity index (χ3v) is 4.73. The first-order chi connectivity index (χ1) is 7.94. The molecule has 0 aromatic heterocycles. The van der Waals surface area contributed by atoms with E-state index >= 15 is 0 Å². The number of nitrogens with one attached hydrogen (secondary N) is 2. The zero-order valence-corrected chi connectivity index (χ0v) is 12.3. The average molecular weight is 258 g/mol. The lowest BCUT2D eigenvalue weighted by molar-refractivity contribution is -0.123. The van der Waals surface area contributed by atoms with Gasteiger partial charge in [-0.15, -0.1) is 0 Å². The van der Waals surface area contributed by atoms with Crippen LogP contribution in [0.4, 0.5) is 0 Å². The fraction of sp³-hybridized carbons (Fsp3) is 0.923. The Labute approximate surface area is 109 Å². The number of hydrogen-bond donors (Lipinski definition) is 2. The molecule has 0 saturated heterocycles. The van der Waals surface area contributed by atoms with Crippen molar-refractivity contribution in [2.24, 2.45) is 0 Å². The van der Waals surface area contributed by atoms with E-state index in [2.05, 4.69) is 30.7 Å². The normalized spacial score (nSPS) is 19.3. The average Bonchev–Trinajstić information content (AvgIpc) is 2.78. The topological polar surface area (TPSA) is 41.1 Å². The summed E-state index contributed by atoms with van der Waals surface area (Å²) >= 11 is 1.82. The van der Waals surface area contributed by atoms with E-state index in [-0.39, 0.29) is 16.7 Å². The number of carbonyl (C=O) groups is 1. The minimum Gasteiger partial charge on any atom is -0.352 e. The maximum Gasteiger partial charge on any atom is 0.237 e. The molecule has 4 heteroatoms. The molecule has 1 saturated carbocycles. The summed E-state index contributed by atoms with van der Waals surface area (Å²) in [4.78, 5) is 11.9. The van der Waals surface area contributed by atoms with E-state index in [1.165, 1.54) is 12.8 Å². The van der Waals surface area contributed by atoms with Gasteiger partial charge in [0, 0.05) is 17.3 Å². The summed E-state index contributed by atoms with van der Waals surface area (Å²) in [6.07, 6.45) is 6.91. The van der Waals surface area contributed by atoms with Crippen LogP contribution >= 0.6 is 11.8 Å². The molecule has 1 aliphatic rings. The maximum absolute atomic E-state index is 11.9. The van der Waals surface area contributed by atoms with Gasteiger partial charge in [-0.05, 0) is 39.9 Å². The minimum absolute atomic E-state index is 0.0953. The molecule has 1 aliphatic carbocycles. The summed E-state index contributed by atoms with van der Waals surface area (Å²) in [5.74, 6) is 0.147. The summed E-state index contributed by atoms with van der Waals surface area (Å²) in [5.41, 5.74) is 0. The summed E-state index contributed by atoms with van der Waals surface area (Å²) < 4.78 is 0.182. The fourth-order valence-electron chi connectivity index (χ4n) is 1.96. The fourth-order valence-corrected chi connectivity index (χ4v) is 2.19. The zero-order valence-electron chi connectivity index (χ0n) is 11.5. The predicted octanol–water partition coefficient (Wildman–Crippen LogP) is 2.16. The van der Waals surface area contributed by atoms with E-state index in [1.54, 1.807) is 0 Å². The van der Waals surface area contributed by atoms with Gasteiger partial charge >= 0.3 is 0 Å². The lowest BCUT2D eigenvalue weighted by Crippen LogP contribution is -2.48. The molecule has 1 fully saturated rings. The van der Waals surface area contributed by atoms with Crippen LogP contribution in [0.3, 0.4) is 0 Å². The van der Waals surface area contributed by atoms with Crippen molar-refractivity contribution in [1.29, 1.82) is 0 Å². The van der Waals surface area contributed by atoms with Gasteiger partial charge in [-0.3, -0.25) is 4.79 Å². The quantitative estimate of drug-likeness (QED) is 0.767. The summed E-state index contributed by atoms with van der Waals surface area (Å²) in [6.45, 7) is 7.17. The molecule has 0 heterocycles. The van der Waals surface area contributed by atoms with Gasteiger partial charge in [0.2, 0.25) is 5.91 Å². The third kappa shape index (κ3) is 5.30. The molecule has 1 amide bonds. The number of amides is 1. The van der Waals surface area contributed by atoms with Crippen LogP contribution in [0.15, 0.2) is 0 Å². The van der Waals surface area contributed by atoms with Crippen molar-refractivity contribution in [2.75, 3.05) is 12.8 Å². The molecule has 1 unspecified atom stereocenters. The van der Waals surface area contributed by atoms with Crippen molar-refractivity contribution in [3.8, 4) is 0 Å². The highest BCUT2D eigenvalue weighted by molar-refractivity contribution is 7.99. The third-order valence-electron chi connectivity index (χ3n) is 3.48. The molecule has 0 aromatic carbocycles. The summed E-state index contributed by atoms with van der Waals surface area (Å²) in [7, 11) is 0. The molecule has 0 bridgehead atoms. The second-order valence-electron chi connectivity index (χ2n) is 5.56. The van der Waals surface area contributed by atoms with Gasteiger partial charge in [0.15, 0.2) is 0 Å². The van der Waals surface area contributed by atoms with Gasteiger partial charge in [-0.25, -0.2) is 0 Å². The van der Waals surface area contributed by atoms with Crippen molar-refractivity contribution in [2.45, 2.75) is 63.3 Å². The van der Waals surface area contributed by atoms with Crippen LogP contribution in [-0.2, 0) is 4.79 Å². The van der Waals surface area contributed by atoms with Gasteiger partial charge in [-0.1, -0.05) is 12.8 Å². The molecule has 0 aromatic rings. The molecule has 3 nitrogen and oxygen atoms in total. The Bertz CT molecular complexity index is 250. The Morgan fingerprint density at radius 3 is 2.53 bits per heavy atom. The van der Waals surface area contributed by atoms with Gasteiger partial charge in [0.25, 0.3) is 0 Å². The molecule has 0 aliphatic heterocycles. The van der Waals surface area contributed by atoms with Crippen molar-refractivity contribution < 1.29 is 4.79 Å². The first-order valence-electron chi connectivity index (χ1n) is 6.53. The maximum atomic E-state index is 11.9. The molecular weight excluding hydrogens is 232 g/mol. The van der Waals surface area contributed by atoms with Gasteiger partial charge in [0.05, 0.1) is 6.04 Å². The molecule has 100 valence electrons. The Hall–Kier alpha value is -0.220. The van der Waals surface area contributed by atoms with Crippen LogP contribution in [0, 0.1) is 0 Å². The summed E-state index contributed by atoms with van der Waals surface area (Å²) in [5, 5.41) is 6.44.